The molecule has 1 amide bonds. The van der Waals surface area contributed by atoms with Crippen LogP contribution in [0, 0.1) is 5.92 Å². The van der Waals surface area contributed by atoms with Crippen LogP contribution in [-0.2, 0) is 4.79 Å². The summed E-state index contributed by atoms with van der Waals surface area (Å²) in [6.07, 6.45) is 12.5. The molecule has 1 aliphatic carbocycles. The second kappa shape index (κ2) is 11.1. The highest BCUT2D eigenvalue weighted by Crippen LogP contribution is 2.34. The summed E-state index contributed by atoms with van der Waals surface area (Å²) in [6.45, 7) is 7.31. The molecule has 6 heteroatoms. The van der Waals surface area contributed by atoms with Crippen LogP contribution in [0.15, 0.2) is 63.8 Å². The first-order valence-corrected chi connectivity index (χ1v) is 13.3. The van der Waals surface area contributed by atoms with Gasteiger partial charge in [-0.3, -0.25) is 4.79 Å². The van der Waals surface area contributed by atoms with E-state index in [1.54, 1.807) is 0 Å². The Bertz CT molecular complexity index is 987. The van der Waals surface area contributed by atoms with Gasteiger partial charge in [0.25, 0.3) is 5.91 Å². The largest absolute Gasteiger partial charge is 0.378 e. The minimum atomic E-state index is 0.0437. The zero-order valence-corrected chi connectivity index (χ0v) is 21.8. The van der Waals surface area contributed by atoms with E-state index in [0.29, 0.717) is 5.92 Å². The Morgan fingerprint density at radius 3 is 2.52 bits per heavy atom. The number of nitrogens with one attached hydrogen (secondary N) is 2. The van der Waals surface area contributed by atoms with Crippen LogP contribution in [0.2, 0.25) is 5.02 Å². The fourth-order valence-electron chi connectivity index (χ4n) is 5.15. The molecule has 1 aromatic carbocycles. The third kappa shape index (κ3) is 5.64. The molecule has 0 radical (unpaired) electrons. The van der Waals surface area contributed by atoms with Crippen LogP contribution in [0.25, 0.3) is 6.08 Å². The number of carbonyl (C=O) groups is 1. The molecule has 5 aliphatic rings. The second-order valence-corrected chi connectivity index (χ2v) is 10.3. The molecule has 4 nitrogen and oxygen atoms in total. The van der Waals surface area contributed by atoms with Crippen LogP contribution >= 0.6 is 27.5 Å². The molecule has 2 N–H and O–H groups in total. The summed E-state index contributed by atoms with van der Waals surface area (Å²) in [5, 5.41) is 7.72. The molecule has 6 rings (SSSR count). The van der Waals surface area contributed by atoms with E-state index in [0.717, 1.165) is 46.8 Å². The van der Waals surface area contributed by atoms with Gasteiger partial charge in [-0.05, 0) is 78.5 Å². The van der Waals surface area contributed by atoms with E-state index in [4.69, 9.17) is 11.6 Å². The molecule has 0 aromatic heterocycles. The van der Waals surface area contributed by atoms with Crippen molar-refractivity contribution in [1.82, 2.24) is 15.5 Å². The first-order chi connectivity index (χ1) is 16.1. The fraction of sp³-hybridized carbons (Fsp3) is 0.444. The lowest BCUT2D eigenvalue weighted by molar-refractivity contribution is -0.119. The number of hydrogen-bond donors (Lipinski definition) is 2. The zero-order chi connectivity index (χ0) is 23.4. The molecule has 2 bridgehead atoms. The second-order valence-electron chi connectivity index (χ2n) is 8.86. The van der Waals surface area contributed by atoms with E-state index >= 15 is 0 Å². The minimum Gasteiger partial charge on any atom is -0.378 e. The summed E-state index contributed by atoms with van der Waals surface area (Å²) >= 11 is 9.64. The van der Waals surface area contributed by atoms with Gasteiger partial charge in [-0.2, -0.15) is 0 Å². The normalized spacial score (nSPS) is 28.2. The number of amides is 1. The molecular weight excluding hydrogens is 498 g/mol. The van der Waals surface area contributed by atoms with E-state index in [1.807, 2.05) is 50.3 Å². The summed E-state index contributed by atoms with van der Waals surface area (Å²) in [6, 6.07) is 8.14. The lowest BCUT2D eigenvalue weighted by Gasteiger charge is -2.45. The molecule has 4 aliphatic heterocycles. The molecule has 2 atom stereocenters. The van der Waals surface area contributed by atoms with Crippen LogP contribution in [0.3, 0.4) is 0 Å². The molecule has 3 fully saturated rings. The molecule has 0 saturated carbocycles. The van der Waals surface area contributed by atoms with Crippen LogP contribution < -0.4 is 10.6 Å². The number of allylic oxidation sites excluding steroid dienone is 4. The van der Waals surface area contributed by atoms with Crippen molar-refractivity contribution in [2.75, 3.05) is 19.6 Å². The van der Waals surface area contributed by atoms with E-state index < -0.39 is 0 Å². The van der Waals surface area contributed by atoms with Crippen LogP contribution in [0.4, 0.5) is 0 Å². The van der Waals surface area contributed by atoms with Gasteiger partial charge in [0.15, 0.2) is 0 Å². The summed E-state index contributed by atoms with van der Waals surface area (Å²) in [7, 11) is 0. The molecule has 4 heterocycles. The Labute approximate surface area is 211 Å². The Kier molecular flexibility index (Phi) is 8.15. The molecular formula is C27H33BrClN3O. The van der Waals surface area contributed by atoms with Crippen LogP contribution in [-0.4, -0.2) is 42.5 Å². The smallest absolute Gasteiger partial charge is 0.254 e. The molecule has 0 spiro atoms. The predicted molar refractivity (Wildman–Crippen MR) is 141 cm³/mol. The van der Waals surface area contributed by atoms with E-state index in [1.165, 1.54) is 30.4 Å². The van der Waals surface area contributed by atoms with Crippen molar-refractivity contribution >= 4 is 39.5 Å². The molecule has 176 valence electrons. The predicted octanol–water partition coefficient (Wildman–Crippen LogP) is 5.81. The lowest BCUT2D eigenvalue weighted by Crippen LogP contribution is -2.57. The molecule has 2 unspecified atom stereocenters. The average Bonchev–Trinajstić information content (AvgIpc) is 3.10. The lowest BCUT2D eigenvalue weighted by atomic mass is 9.83. The maximum Gasteiger partial charge on any atom is 0.254 e. The van der Waals surface area contributed by atoms with E-state index in [-0.39, 0.29) is 18.0 Å². The first kappa shape index (κ1) is 24.3. The van der Waals surface area contributed by atoms with Crippen molar-refractivity contribution in [3.63, 3.8) is 0 Å². The Balaban J connectivity index is 0.00000126. The minimum absolute atomic E-state index is 0.0437. The zero-order valence-electron chi connectivity index (χ0n) is 19.4. The van der Waals surface area contributed by atoms with Gasteiger partial charge >= 0.3 is 0 Å². The number of benzene rings is 1. The standard InChI is InChI=1S/C25H27BrClN3O.C2H6/c26-18-4-8-20-21(10-5-18)28-22(9-3-16-1-6-19(27)7-2-16)24(20)25(31)29-23-15-30-13-11-17(23)12-14-30;1-2/h1-4,6-9,17,21,23,28H,5,10-15H2,(H,29,31);1-2H3/b9-3+;. The highest BCUT2D eigenvalue weighted by Gasteiger charge is 2.38. The van der Waals surface area contributed by atoms with Gasteiger partial charge in [0.2, 0.25) is 0 Å². The number of carbonyl (C=O) groups excluding carboxylic acids is 1. The number of fused-ring (bicyclic) bond motifs is 4. The molecule has 33 heavy (non-hydrogen) atoms. The number of hydrogen-bond acceptors (Lipinski definition) is 3. The Morgan fingerprint density at radius 1 is 1.12 bits per heavy atom. The van der Waals surface area contributed by atoms with Crippen molar-refractivity contribution in [2.45, 2.75) is 51.6 Å². The first-order valence-electron chi connectivity index (χ1n) is 12.1. The van der Waals surface area contributed by atoms with Crippen molar-refractivity contribution in [3.05, 3.63) is 74.4 Å². The van der Waals surface area contributed by atoms with Crippen molar-refractivity contribution < 1.29 is 4.79 Å². The number of halogens is 2. The molecule has 3 saturated heterocycles. The van der Waals surface area contributed by atoms with Gasteiger partial charge in [-0.1, -0.05) is 71.7 Å². The van der Waals surface area contributed by atoms with Crippen molar-refractivity contribution in [3.8, 4) is 0 Å². The third-order valence-corrected chi connectivity index (χ3v) is 7.80. The fourth-order valence-corrected chi connectivity index (χ4v) is 5.63. The van der Waals surface area contributed by atoms with Gasteiger partial charge in [0.05, 0.1) is 11.6 Å². The Morgan fingerprint density at radius 2 is 1.85 bits per heavy atom. The monoisotopic (exact) mass is 529 g/mol. The van der Waals surface area contributed by atoms with E-state index in [2.05, 4.69) is 43.6 Å². The van der Waals surface area contributed by atoms with Gasteiger partial charge in [0, 0.05) is 23.3 Å². The van der Waals surface area contributed by atoms with Gasteiger partial charge in [-0.15, -0.1) is 0 Å². The molecule has 1 aromatic rings. The summed E-state index contributed by atoms with van der Waals surface area (Å²) in [5.74, 6) is 0.645. The summed E-state index contributed by atoms with van der Waals surface area (Å²) < 4.78 is 1.17. The van der Waals surface area contributed by atoms with Crippen LogP contribution in [0.5, 0.6) is 0 Å². The maximum atomic E-state index is 13.6. The quantitative estimate of drug-likeness (QED) is 0.516. The van der Waals surface area contributed by atoms with Crippen LogP contribution in [0.1, 0.15) is 45.1 Å². The number of rotatable bonds is 4. The number of nitrogens with zero attached hydrogens (tertiary/aromatic N) is 1. The Hall–Kier alpha value is -1.82. The van der Waals surface area contributed by atoms with Gasteiger partial charge in [0.1, 0.15) is 0 Å². The summed E-state index contributed by atoms with van der Waals surface area (Å²) in [4.78, 5) is 16.0. The SMILES string of the molecule is CC.O=C(NC1CN2CCC1CC2)C1=C(/C=C/c2ccc(Cl)cc2)NC2CCC(Br)=CC=C12. The van der Waals surface area contributed by atoms with Crippen molar-refractivity contribution in [2.24, 2.45) is 5.92 Å². The van der Waals surface area contributed by atoms with Gasteiger partial charge < -0.3 is 15.5 Å². The highest BCUT2D eigenvalue weighted by atomic mass is 79.9. The maximum absolute atomic E-state index is 13.6. The van der Waals surface area contributed by atoms with Gasteiger partial charge in [-0.25, -0.2) is 0 Å². The average molecular weight is 531 g/mol. The van der Waals surface area contributed by atoms with Crippen molar-refractivity contribution in [1.29, 1.82) is 0 Å². The number of piperidine rings is 3. The highest BCUT2D eigenvalue weighted by molar-refractivity contribution is 9.11. The van der Waals surface area contributed by atoms with E-state index in [9.17, 15) is 4.79 Å². The topological polar surface area (TPSA) is 44.4 Å². The third-order valence-electron chi connectivity index (χ3n) is 6.89. The summed E-state index contributed by atoms with van der Waals surface area (Å²) in [5.41, 5.74) is 3.82.